The molecule has 0 aliphatic heterocycles. The number of hydrogen-bond donors (Lipinski definition) is 3. The molecule has 1 heterocycles. The molecular formula is C18H14N4O5. The molecule has 1 aliphatic carbocycles. The van der Waals surface area contributed by atoms with E-state index in [1.807, 2.05) is 0 Å². The van der Waals surface area contributed by atoms with Gasteiger partial charge in [0.05, 0.1) is 16.0 Å². The first kappa shape index (κ1) is 16.7. The molecule has 0 saturated heterocycles. The monoisotopic (exact) mass is 366 g/mol. The van der Waals surface area contributed by atoms with Crippen LogP contribution in [0.25, 0.3) is 11.0 Å². The number of amides is 1. The van der Waals surface area contributed by atoms with E-state index in [4.69, 9.17) is 0 Å². The summed E-state index contributed by atoms with van der Waals surface area (Å²) in [6.45, 7) is 0. The van der Waals surface area contributed by atoms with E-state index in [1.165, 1.54) is 6.07 Å². The Morgan fingerprint density at radius 1 is 1.07 bits per heavy atom. The lowest BCUT2D eigenvalue weighted by molar-refractivity contribution is -0.385. The van der Waals surface area contributed by atoms with E-state index in [-0.39, 0.29) is 29.6 Å². The number of nitro groups is 1. The van der Waals surface area contributed by atoms with Crippen molar-refractivity contribution in [2.24, 2.45) is 0 Å². The third kappa shape index (κ3) is 2.88. The van der Waals surface area contributed by atoms with E-state index in [0.717, 1.165) is 0 Å². The SMILES string of the molecule is O=C(NC1Cc2c([N+](=O)[O-])cc3[nH]c(=O)c(=O)[nH]c3c2C1)c1ccccc1. The number of rotatable bonds is 3. The first-order valence-electron chi connectivity index (χ1n) is 8.25. The number of nitro benzene ring substituents is 1. The maximum atomic E-state index is 12.4. The fourth-order valence-electron chi connectivity index (χ4n) is 3.50. The zero-order valence-electron chi connectivity index (χ0n) is 13.9. The molecule has 2 aromatic carbocycles. The van der Waals surface area contributed by atoms with Gasteiger partial charge in [0, 0.05) is 29.7 Å². The van der Waals surface area contributed by atoms with Gasteiger partial charge in [-0.15, -0.1) is 0 Å². The minimum atomic E-state index is -0.872. The second-order valence-corrected chi connectivity index (χ2v) is 6.39. The highest BCUT2D eigenvalue weighted by molar-refractivity contribution is 5.94. The standard InChI is InChI=1S/C18H14N4O5/c23-16(9-4-2-1-3-5-9)19-10-6-11-12(7-10)15-13(8-14(11)22(26)27)20-17(24)18(25)21-15/h1-5,8,10H,6-7H2,(H,19,23)(H,20,24)(H,21,25). The average molecular weight is 366 g/mol. The Morgan fingerprint density at radius 2 is 1.74 bits per heavy atom. The minimum Gasteiger partial charge on any atom is -0.349 e. The molecule has 0 fully saturated rings. The number of carbonyl (C=O) groups excluding carboxylic acids is 1. The number of nitrogens with zero attached hydrogens (tertiary/aromatic N) is 1. The van der Waals surface area contributed by atoms with Gasteiger partial charge in [-0.05, 0) is 24.1 Å². The van der Waals surface area contributed by atoms with Crippen LogP contribution < -0.4 is 16.4 Å². The van der Waals surface area contributed by atoms with E-state index in [2.05, 4.69) is 15.3 Å². The van der Waals surface area contributed by atoms with Crippen LogP contribution in [0.4, 0.5) is 5.69 Å². The van der Waals surface area contributed by atoms with Gasteiger partial charge >= 0.3 is 11.1 Å². The summed E-state index contributed by atoms with van der Waals surface area (Å²) in [6.07, 6.45) is 0.579. The molecule has 3 N–H and O–H groups in total. The summed E-state index contributed by atoms with van der Waals surface area (Å²) in [5.41, 5.74) is 0.220. The Balaban J connectivity index is 1.74. The zero-order chi connectivity index (χ0) is 19.1. The quantitative estimate of drug-likeness (QED) is 0.361. The second kappa shape index (κ2) is 6.20. The molecule has 136 valence electrons. The Morgan fingerprint density at radius 3 is 2.44 bits per heavy atom. The molecule has 9 nitrogen and oxygen atoms in total. The van der Waals surface area contributed by atoms with Gasteiger partial charge in [0.25, 0.3) is 11.6 Å². The molecule has 9 heteroatoms. The molecule has 0 radical (unpaired) electrons. The maximum absolute atomic E-state index is 12.4. The first-order chi connectivity index (χ1) is 12.9. The molecular weight excluding hydrogens is 352 g/mol. The molecule has 1 aromatic heterocycles. The molecule has 0 spiro atoms. The number of aromatic amines is 2. The Labute approximate surface area is 151 Å². The number of benzene rings is 2. The first-order valence-corrected chi connectivity index (χ1v) is 8.25. The molecule has 0 bridgehead atoms. The molecule has 4 rings (SSSR count). The van der Waals surface area contributed by atoms with Gasteiger partial charge in [-0.25, -0.2) is 0 Å². The lowest BCUT2D eigenvalue weighted by Gasteiger charge is -2.11. The smallest absolute Gasteiger partial charge is 0.314 e. The summed E-state index contributed by atoms with van der Waals surface area (Å²) in [7, 11) is 0. The molecule has 1 unspecified atom stereocenters. The van der Waals surface area contributed by atoms with E-state index >= 15 is 0 Å². The fourth-order valence-corrected chi connectivity index (χ4v) is 3.50. The highest BCUT2D eigenvalue weighted by Crippen LogP contribution is 2.35. The van der Waals surface area contributed by atoms with Crippen molar-refractivity contribution in [1.82, 2.24) is 15.3 Å². The summed E-state index contributed by atoms with van der Waals surface area (Å²) in [5, 5.41) is 14.3. The number of H-pyrrole nitrogens is 2. The number of fused-ring (bicyclic) bond motifs is 3. The van der Waals surface area contributed by atoms with Crippen LogP contribution in [0.15, 0.2) is 46.0 Å². The molecule has 3 aromatic rings. The number of nitrogens with one attached hydrogen (secondary N) is 3. The van der Waals surface area contributed by atoms with Crippen molar-refractivity contribution < 1.29 is 9.72 Å². The molecule has 1 amide bonds. The molecule has 27 heavy (non-hydrogen) atoms. The van der Waals surface area contributed by atoms with Crippen LogP contribution in [-0.2, 0) is 12.8 Å². The minimum absolute atomic E-state index is 0.142. The molecule has 1 atom stereocenters. The van der Waals surface area contributed by atoms with Gasteiger partial charge in [-0.2, -0.15) is 0 Å². The van der Waals surface area contributed by atoms with Crippen LogP contribution in [0.1, 0.15) is 21.5 Å². The van der Waals surface area contributed by atoms with Crippen LogP contribution in [0.5, 0.6) is 0 Å². The molecule has 1 aliphatic rings. The number of carbonyl (C=O) groups is 1. The third-order valence-electron chi connectivity index (χ3n) is 4.69. The van der Waals surface area contributed by atoms with Gasteiger partial charge in [0.15, 0.2) is 0 Å². The fraction of sp³-hybridized carbons (Fsp3) is 0.167. The Hall–Kier alpha value is -3.75. The normalized spacial score (nSPS) is 15.5. The lowest BCUT2D eigenvalue weighted by Crippen LogP contribution is -2.35. The predicted octanol–water partition coefficient (Wildman–Crippen LogP) is 1.02. The summed E-state index contributed by atoms with van der Waals surface area (Å²) < 4.78 is 0. The van der Waals surface area contributed by atoms with Crippen molar-refractivity contribution in [3.8, 4) is 0 Å². The highest BCUT2D eigenvalue weighted by Gasteiger charge is 2.32. The van der Waals surface area contributed by atoms with Crippen LogP contribution in [0, 0.1) is 10.1 Å². The van der Waals surface area contributed by atoms with E-state index in [0.29, 0.717) is 28.6 Å². The van der Waals surface area contributed by atoms with Crippen LogP contribution in [0.2, 0.25) is 0 Å². The van der Waals surface area contributed by atoms with Crippen molar-refractivity contribution in [1.29, 1.82) is 0 Å². The predicted molar refractivity (Wildman–Crippen MR) is 96.9 cm³/mol. The lowest BCUT2D eigenvalue weighted by atomic mass is 10.1. The third-order valence-corrected chi connectivity index (χ3v) is 4.69. The van der Waals surface area contributed by atoms with Gasteiger partial charge < -0.3 is 15.3 Å². The number of hydrogen-bond acceptors (Lipinski definition) is 5. The highest BCUT2D eigenvalue weighted by atomic mass is 16.6. The summed E-state index contributed by atoms with van der Waals surface area (Å²) in [4.78, 5) is 51.4. The van der Waals surface area contributed by atoms with E-state index < -0.39 is 16.0 Å². The summed E-state index contributed by atoms with van der Waals surface area (Å²) in [5.74, 6) is -0.276. The largest absolute Gasteiger partial charge is 0.349 e. The van der Waals surface area contributed by atoms with E-state index in [9.17, 15) is 24.5 Å². The van der Waals surface area contributed by atoms with E-state index in [1.54, 1.807) is 30.3 Å². The van der Waals surface area contributed by atoms with Gasteiger partial charge in [-0.3, -0.25) is 24.5 Å². The van der Waals surface area contributed by atoms with Crippen molar-refractivity contribution in [2.45, 2.75) is 18.9 Å². The topological polar surface area (TPSA) is 138 Å². The summed E-state index contributed by atoms with van der Waals surface area (Å²) >= 11 is 0. The second-order valence-electron chi connectivity index (χ2n) is 6.39. The average Bonchev–Trinajstić information content (AvgIpc) is 3.06. The van der Waals surface area contributed by atoms with Crippen LogP contribution in [-0.4, -0.2) is 26.8 Å². The summed E-state index contributed by atoms with van der Waals surface area (Å²) in [6, 6.07) is 9.54. The number of aromatic nitrogens is 2. The van der Waals surface area contributed by atoms with Gasteiger partial charge in [-0.1, -0.05) is 18.2 Å². The Bertz CT molecular complexity index is 1200. The van der Waals surface area contributed by atoms with Crippen LogP contribution >= 0.6 is 0 Å². The molecule has 0 saturated carbocycles. The van der Waals surface area contributed by atoms with Gasteiger partial charge in [0.2, 0.25) is 0 Å². The van der Waals surface area contributed by atoms with Crippen molar-refractivity contribution >= 4 is 22.6 Å². The maximum Gasteiger partial charge on any atom is 0.314 e. The zero-order valence-corrected chi connectivity index (χ0v) is 13.9. The Kier molecular flexibility index (Phi) is 3.84. The van der Waals surface area contributed by atoms with Crippen LogP contribution in [0.3, 0.4) is 0 Å². The van der Waals surface area contributed by atoms with Crippen molar-refractivity contribution in [3.63, 3.8) is 0 Å². The van der Waals surface area contributed by atoms with Crippen molar-refractivity contribution in [2.75, 3.05) is 0 Å². The van der Waals surface area contributed by atoms with Crippen molar-refractivity contribution in [3.05, 3.63) is 83.9 Å². The van der Waals surface area contributed by atoms with Gasteiger partial charge in [0.1, 0.15) is 0 Å².